The summed E-state index contributed by atoms with van der Waals surface area (Å²) >= 11 is 2.69. The van der Waals surface area contributed by atoms with Crippen LogP contribution in [-0.4, -0.2) is 26.5 Å². The quantitative estimate of drug-likeness (QED) is 0.536. The van der Waals surface area contributed by atoms with Crippen LogP contribution in [0, 0.1) is 11.3 Å². The Labute approximate surface area is 146 Å². The molecule has 0 aliphatic heterocycles. The fourth-order valence-corrected chi connectivity index (χ4v) is 3.32. The lowest BCUT2D eigenvalue weighted by atomic mass is 10.2. The molecule has 9 heteroatoms. The Balaban J connectivity index is 1.64. The maximum atomic E-state index is 12.1. The number of aromatic nitrogens is 3. The van der Waals surface area contributed by atoms with E-state index in [1.54, 1.807) is 24.3 Å². The molecule has 0 saturated heterocycles. The van der Waals surface area contributed by atoms with Crippen molar-refractivity contribution in [1.82, 2.24) is 14.9 Å². The van der Waals surface area contributed by atoms with Gasteiger partial charge in [-0.05, 0) is 23.6 Å². The smallest absolute Gasteiger partial charge is 0.234 e. The molecule has 7 nitrogen and oxygen atoms in total. The second-order valence-electron chi connectivity index (χ2n) is 4.65. The minimum Gasteiger partial charge on any atom is -0.335 e. The fourth-order valence-electron chi connectivity index (χ4n) is 1.96. The fraction of sp³-hybridized carbons (Fsp3) is 0.0667. The first-order valence-electron chi connectivity index (χ1n) is 6.85. The van der Waals surface area contributed by atoms with Crippen molar-refractivity contribution in [2.45, 2.75) is 5.16 Å². The first-order chi connectivity index (χ1) is 11.7. The van der Waals surface area contributed by atoms with Crippen molar-refractivity contribution in [2.75, 3.05) is 16.9 Å². The van der Waals surface area contributed by atoms with E-state index in [2.05, 4.69) is 15.5 Å². The first-order valence-corrected chi connectivity index (χ1v) is 8.71. The predicted octanol–water partition coefficient (Wildman–Crippen LogP) is 2.32. The van der Waals surface area contributed by atoms with Crippen LogP contribution in [0.15, 0.2) is 46.9 Å². The molecule has 1 aromatic carbocycles. The third-order valence-electron chi connectivity index (χ3n) is 3.06. The minimum atomic E-state index is -0.247. The van der Waals surface area contributed by atoms with E-state index in [-0.39, 0.29) is 11.7 Å². The SMILES string of the molecule is N#Cc1ccccc1NC(=O)CSc1nnc(-c2cccs2)n1N. The number of thioether (sulfide) groups is 1. The van der Waals surface area contributed by atoms with E-state index in [0.717, 1.165) is 4.88 Å². The summed E-state index contributed by atoms with van der Waals surface area (Å²) in [7, 11) is 0. The second kappa shape index (κ2) is 7.16. The van der Waals surface area contributed by atoms with Crippen molar-refractivity contribution in [3.8, 4) is 16.8 Å². The lowest BCUT2D eigenvalue weighted by Crippen LogP contribution is -2.16. The molecular weight excluding hydrogens is 344 g/mol. The average molecular weight is 356 g/mol. The molecule has 0 atom stereocenters. The van der Waals surface area contributed by atoms with Gasteiger partial charge < -0.3 is 11.2 Å². The Morgan fingerprint density at radius 3 is 2.92 bits per heavy atom. The van der Waals surface area contributed by atoms with Crippen molar-refractivity contribution in [1.29, 1.82) is 5.26 Å². The van der Waals surface area contributed by atoms with E-state index in [9.17, 15) is 4.79 Å². The molecule has 0 radical (unpaired) electrons. The number of nitriles is 1. The van der Waals surface area contributed by atoms with E-state index in [4.69, 9.17) is 11.1 Å². The number of anilines is 1. The number of carbonyl (C=O) groups is 1. The van der Waals surface area contributed by atoms with Crippen molar-refractivity contribution < 1.29 is 4.79 Å². The normalized spacial score (nSPS) is 10.3. The third kappa shape index (κ3) is 3.40. The van der Waals surface area contributed by atoms with Crippen LogP contribution in [0.5, 0.6) is 0 Å². The van der Waals surface area contributed by atoms with Crippen LogP contribution < -0.4 is 11.2 Å². The number of hydrogen-bond donors (Lipinski definition) is 2. The third-order valence-corrected chi connectivity index (χ3v) is 4.87. The van der Waals surface area contributed by atoms with Gasteiger partial charge in [-0.2, -0.15) is 5.26 Å². The average Bonchev–Trinajstić information content (AvgIpc) is 3.23. The highest BCUT2D eigenvalue weighted by Crippen LogP contribution is 2.25. The summed E-state index contributed by atoms with van der Waals surface area (Å²) in [5.74, 6) is 6.40. The van der Waals surface area contributed by atoms with E-state index in [1.165, 1.54) is 27.8 Å². The largest absolute Gasteiger partial charge is 0.335 e. The van der Waals surface area contributed by atoms with Gasteiger partial charge in [0.2, 0.25) is 11.1 Å². The standard InChI is InChI=1S/C15H12N6OS2/c16-8-10-4-1-2-5-11(10)18-13(22)9-24-15-20-19-14(21(15)17)12-6-3-7-23-12/h1-7H,9,17H2,(H,18,22). The molecule has 120 valence electrons. The van der Waals surface area contributed by atoms with Gasteiger partial charge in [-0.25, -0.2) is 4.68 Å². The molecule has 0 fully saturated rings. The Bertz CT molecular complexity index is 897. The van der Waals surface area contributed by atoms with Crippen molar-refractivity contribution in [2.24, 2.45) is 0 Å². The Morgan fingerprint density at radius 1 is 1.33 bits per heavy atom. The van der Waals surface area contributed by atoms with Crippen LogP contribution in [0.3, 0.4) is 0 Å². The Kier molecular flexibility index (Phi) is 4.79. The monoisotopic (exact) mass is 356 g/mol. The number of hydrogen-bond acceptors (Lipinski definition) is 7. The molecule has 1 amide bonds. The number of para-hydroxylation sites is 1. The molecule has 0 aliphatic rings. The molecule has 0 bridgehead atoms. The molecule has 3 N–H and O–H groups in total. The van der Waals surface area contributed by atoms with Crippen molar-refractivity contribution in [3.63, 3.8) is 0 Å². The van der Waals surface area contributed by atoms with Gasteiger partial charge in [-0.1, -0.05) is 30.0 Å². The summed E-state index contributed by atoms with van der Waals surface area (Å²) in [5.41, 5.74) is 0.900. The van der Waals surface area contributed by atoms with Crippen LogP contribution in [0.4, 0.5) is 5.69 Å². The number of amides is 1. The number of carbonyl (C=O) groups excluding carboxylic acids is 1. The summed E-state index contributed by atoms with van der Waals surface area (Å²) < 4.78 is 1.37. The molecule has 0 aliphatic carbocycles. The molecular formula is C15H12N6OS2. The number of benzene rings is 1. The zero-order valence-corrected chi connectivity index (χ0v) is 14.0. The summed E-state index contributed by atoms with van der Waals surface area (Å²) in [6.07, 6.45) is 0. The number of rotatable bonds is 5. The molecule has 2 heterocycles. The van der Waals surface area contributed by atoms with Gasteiger partial charge in [0.15, 0.2) is 5.82 Å². The van der Waals surface area contributed by atoms with Crippen LogP contribution in [0.25, 0.3) is 10.7 Å². The highest BCUT2D eigenvalue weighted by Gasteiger charge is 2.14. The van der Waals surface area contributed by atoms with Gasteiger partial charge in [-0.3, -0.25) is 4.79 Å². The Hall–Kier alpha value is -2.83. The molecule has 0 spiro atoms. The number of nitrogens with two attached hydrogens (primary N) is 1. The molecule has 0 saturated carbocycles. The van der Waals surface area contributed by atoms with Crippen molar-refractivity contribution >= 4 is 34.7 Å². The van der Waals surface area contributed by atoms with Gasteiger partial charge in [0, 0.05) is 0 Å². The summed E-state index contributed by atoms with van der Waals surface area (Å²) in [6, 6.07) is 12.7. The van der Waals surface area contributed by atoms with Crippen LogP contribution in [0.1, 0.15) is 5.56 Å². The van der Waals surface area contributed by atoms with Crippen LogP contribution >= 0.6 is 23.1 Å². The zero-order valence-electron chi connectivity index (χ0n) is 12.3. The van der Waals surface area contributed by atoms with E-state index >= 15 is 0 Å². The number of nitrogens with zero attached hydrogens (tertiary/aromatic N) is 4. The Morgan fingerprint density at radius 2 is 2.17 bits per heavy atom. The van der Waals surface area contributed by atoms with E-state index in [1.807, 2.05) is 23.6 Å². The first kappa shape index (κ1) is 16.0. The van der Waals surface area contributed by atoms with Gasteiger partial charge in [0.1, 0.15) is 6.07 Å². The predicted molar refractivity (Wildman–Crippen MR) is 94.0 cm³/mol. The molecule has 3 rings (SSSR count). The zero-order chi connectivity index (χ0) is 16.9. The van der Waals surface area contributed by atoms with E-state index < -0.39 is 0 Å². The maximum Gasteiger partial charge on any atom is 0.234 e. The van der Waals surface area contributed by atoms with Gasteiger partial charge in [0.05, 0.1) is 21.9 Å². The minimum absolute atomic E-state index is 0.111. The summed E-state index contributed by atoms with van der Waals surface area (Å²) in [4.78, 5) is 13.0. The molecule has 24 heavy (non-hydrogen) atoms. The number of thiophene rings is 1. The lowest BCUT2D eigenvalue weighted by molar-refractivity contribution is -0.113. The van der Waals surface area contributed by atoms with Crippen LogP contribution in [0.2, 0.25) is 0 Å². The second-order valence-corrected chi connectivity index (χ2v) is 6.54. The summed E-state index contributed by atoms with van der Waals surface area (Å²) in [5, 5.41) is 22.2. The van der Waals surface area contributed by atoms with Gasteiger partial charge in [-0.15, -0.1) is 21.5 Å². The summed E-state index contributed by atoms with van der Waals surface area (Å²) in [6.45, 7) is 0. The maximum absolute atomic E-state index is 12.1. The molecule has 0 unspecified atom stereocenters. The van der Waals surface area contributed by atoms with E-state index in [0.29, 0.717) is 22.2 Å². The van der Waals surface area contributed by atoms with Gasteiger partial charge in [0.25, 0.3) is 0 Å². The highest BCUT2D eigenvalue weighted by molar-refractivity contribution is 7.99. The highest BCUT2D eigenvalue weighted by atomic mass is 32.2. The molecule has 2 aromatic heterocycles. The number of nitrogen functional groups attached to an aromatic ring is 1. The van der Waals surface area contributed by atoms with Crippen LogP contribution in [-0.2, 0) is 4.79 Å². The topological polar surface area (TPSA) is 110 Å². The number of nitrogens with one attached hydrogen (secondary N) is 1. The van der Waals surface area contributed by atoms with Gasteiger partial charge >= 0.3 is 0 Å². The van der Waals surface area contributed by atoms with Crippen molar-refractivity contribution in [3.05, 3.63) is 47.3 Å². The molecule has 3 aromatic rings. The lowest BCUT2D eigenvalue weighted by Gasteiger charge is -2.06.